The molecule has 0 unspecified atom stereocenters. The van der Waals surface area contributed by atoms with Crippen molar-refractivity contribution in [2.75, 3.05) is 31.1 Å². The van der Waals surface area contributed by atoms with Gasteiger partial charge in [0.1, 0.15) is 6.42 Å². The lowest BCUT2D eigenvalue weighted by Crippen LogP contribution is -2.48. The molecule has 1 heterocycles. The second-order valence-electron chi connectivity index (χ2n) is 4.72. The van der Waals surface area contributed by atoms with Gasteiger partial charge in [-0.05, 0) is 24.1 Å². The second-order valence-corrected chi connectivity index (χ2v) is 4.72. The van der Waals surface area contributed by atoms with Gasteiger partial charge in [-0.3, -0.25) is 4.79 Å². The van der Waals surface area contributed by atoms with Gasteiger partial charge in [0.25, 0.3) is 0 Å². The van der Waals surface area contributed by atoms with Crippen LogP contribution in [0.4, 0.5) is 5.69 Å². The lowest BCUT2D eigenvalue weighted by molar-refractivity contribution is -0.130. The molecule has 0 aromatic heterocycles. The molecule has 0 bridgehead atoms. The van der Waals surface area contributed by atoms with Crippen LogP contribution in [0, 0.1) is 11.3 Å². The van der Waals surface area contributed by atoms with Crippen molar-refractivity contribution in [3.8, 4) is 6.07 Å². The maximum atomic E-state index is 11.6. The topological polar surface area (TPSA) is 47.3 Å². The quantitative estimate of drug-likeness (QED) is 0.829. The second kappa shape index (κ2) is 6.24. The van der Waals surface area contributed by atoms with Gasteiger partial charge in [-0.2, -0.15) is 5.26 Å². The summed E-state index contributed by atoms with van der Waals surface area (Å²) < 4.78 is 0. The summed E-state index contributed by atoms with van der Waals surface area (Å²) in [5, 5.41) is 8.54. The summed E-state index contributed by atoms with van der Waals surface area (Å²) in [6.07, 6.45) is 1.04. The zero-order valence-corrected chi connectivity index (χ0v) is 11.3. The number of nitrogens with zero attached hydrogens (tertiary/aromatic N) is 3. The van der Waals surface area contributed by atoms with E-state index in [-0.39, 0.29) is 12.3 Å². The highest BCUT2D eigenvalue weighted by Gasteiger charge is 2.20. The van der Waals surface area contributed by atoms with Crippen LogP contribution >= 0.6 is 0 Å². The van der Waals surface area contributed by atoms with Crippen molar-refractivity contribution in [2.45, 2.75) is 19.8 Å². The van der Waals surface area contributed by atoms with Crippen molar-refractivity contribution in [2.24, 2.45) is 0 Å². The van der Waals surface area contributed by atoms with Crippen LogP contribution in [0.2, 0.25) is 0 Å². The Kier molecular flexibility index (Phi) is 4.40. The molecule has 1 fully saturated rings. The standard InChI is InChI=1S/C15H19N3O/c1-2-13-3-5-14(6-4-13)17-9-11-18(12-10-17)15(19)7-8-16/h3-6H,2,7,9-12H2,1H3. The fraction of sp³-hybridized carbons (Fsp3) is 0.467. The van der Waals surface area contributed by atoms with Crippen LogP contribution in [-0.2, 0) is 11.2 Å². The fourth-order valence-corrected chi connectivity index (χ4v) is 2.34. The van der Waals surface area contributed by atoms with Gasteiger partial charge in [0.05, 0.1) is 6.07 Å². The summed E-state index contributed by atoms with van der Waals surface area (Å²) in [7, 11) is 0. The molecule has 2 rings (SSSR count). The number of amides is 1. The number of aryl methyl sites for hydroxylation is 1. The largest absolute Gasteiger partial charge is 0.368 e. The van der Waals surface area contributed by atoms with E-state index in [1.54, 1.807) is 4.90 Å². The maximum Gasteiger partial charge on any atom is 0.236 e. The summed E-state index contributed by atoms with van der Waals surface area (Å²) in [5.41, 5.74) is 2.55. The van der Waals surface area contributed by atoms with Crippen LogP contribution in [-0.4, -0.2) is 37.0 Å². The Morgan fingerprint density at radius 3 is 2.37 bits per heavy atom. The molecule has 0 N–H and O–H groups in total. The zero-order valence-electron chi connectivity index (χ0n) is 11.3. The molecule has 100 valence electrons. The van der Waals surface area contributed by atoms with Gasteiger partial charge >= 0.3 is 0 Å². The predicted octanol–water partition coefficient (Wildman–Crippen LogP) is 1.81. The highest BCUT2D eigenvalue weighted by Crippen LogP contribution is 2.17. The van der Waals surface area contributed by atoms with Crippen molar-refractivity contribution in [1.29, 1.82) is 5.26 Å². The summed E-state index contributed by atoms with van der Waals surface area (Å²) in [6, 6.07) is 10.5. The molecule has 0 spiro atoms. The first-order valence-electron chi connectivity index (χ1n) is 6.73. The molecule has 1 amide bonds. The SMILES string of the molecule is CCc1ccc(N2CCN(C(=O)CC#N)CC2)cc1. The zero-order chi connectivity index (χ0) is 13.7. The van der Waals surface area contributed by atoms with Crippen molar-refractivity contribution >= 4 is 11.6 Å². The minimum Gasteiger partial charge on any atom is -0.368 e. The fourth-order valence-electron chi connectivity index (χ4n) is 2.34. The monoisotopic (exact) mass is 257 g/mol. The van der Waals surface area contributed by atoms with Gasteiger partial charge in [0.2, 0.25) is 5.91 Å². The molecule has 1 aromatic rings. The first kappa shape index (κ1) is 13.4. The molecule has 4 heteroatoms. The Hall–Kier alpha value is -2.02. The third-order valence-corrected chi connectivity index (χ3v) is 3.57. The van der Waals surface area contributed by atoms with E-state index in [2.05, 4.69) is 36.1 Å². The summed E-state index contributed by atoms with van der Waals surface area (Å²) in [6.45, 7) is 5.23. The van der Waals surface area contributed by atoms with Crippen LogP contribution in [0.3, 0.4) is 0 Å². The molecule has 1 saturated heterocycles. The first-order valence-corrected chi connectivity index (χ1v) is 6.73. The van der Waals surface area contributed by atoms with Gasteiger partial charge in [0, 0.05) is 31.9 Å². The maximum absolute atomic E-state index is 11.6. The molecular formula is C15H19N3O. The lowest BCUT2D eigenvalue weighted by Gasteiger charge is -2.35. The van der Waals surface area contributed by atoms with Gasteiger partial charge in [-0.1, -0.05) is 19.1 Å². The third-order valence-electron chi connectivity index (χ3n) is 3.57. The normalized spacial score (nSPS) is 15.2. The van der Waals surface area contributed by atoms with Gasteiger partial charge in [0.15, 0.2) is 0 Å². The number of anilines is 1. The Bertz CT molecular complexity index is 467. The smallest absolute Gasteiger partial charge is 0.236 e. The minimum absolute atomic E-state index is 0.00873. The number of carbonyl (C=O) groups is 1. The van der Waals surface area contributed by atoms with E-state index in [0.29, 0.717) is 13.1 Å². The van der Waals surface area contributed by atoms with E-state index in [9.17, 15) is 4.79 Å². The van der Waals surface area contributed by atoms with Crippen molar-refractivity contribution in [1.82, 2.24) is 4.90 Å². The summed E-state index contributed by atoms with van der Waals surface area (Å²) in [4.78, 5) is 15.7. The van der Waals surface area contributed by atoms with Crippen molar-refractivity contribution in [3.05, 3.63) is 29.8 Å². The molecule has 1 aliphatic heterocycles. The molecular weight excluding hydrogens is 238 g/mol. The Labute approximate surface area is 114 Å². The third kappa shape index (κ3) is 3.25. The number of rotatable bonds is 3. The average molecular weight is 257 g/mol. The van der Waals surface area contributed by atoms with Crippen LogP contribution in [0.5, 0.6) is 0 Å². The van der Waals surface area contributed by atoms with E-state index in [0.717, 1.165) is 19.5 Å². The first-order chi connectivity index (χ1) is 9.24. The molecule has 4 nitrogen and oxygen atoms in total. The number of piperazine rings is 1. The Morgan fingerprint density at radius 1 is 1.21 bits per heavy atom. The van der Waals surface area contributed by atoms with Gasteiger partial charge < -0.3 is 9.80 Å². The average Bonchev–Trinajstić information content (AvgIpc) is 2.48. The van der Waals surface area contributed by atoms with E-state index < -0.39 is 0 Å². The molecule has 1 aromatic carbocycles. The van der Waals surface area contributed by atoms with Crippen LogP contribution < -0.4 is 4.90 Å². The van der Waals surface area contributed by atoms with Crippen LogP contribution in [0.1, 0.15) is 18.9 Å². The molecule has 0 saturated carbocycles. The number of hydrogen-bond acceptors (Lipinski definition) is 3. The lowest BCUT2D eigenvalue weighted by atomic mass is 10.1. The van der Waals surface area contributed by atoms with Gasteiger partial charge in [-0.25, -0.2) is 0 Å². The minimum atomic E-state index is -0.0523. The molecule has 19 heavy (non-hydrogen) atoms. The molecule has 1 aliphatic rings. The number of carbonyl (C=O) groups excluding carboxylic acids is 1. The molecule has 0 atom stereocenters. The molecule has 0 radical (unpaired) electrons. The Balaban J connectivity index is 1.92. The van der Waals surface area contributed by atoms with Crippen LogP contribution in [0.15, 0.2) is 24.3 Å². The number of benzene rings is 1. The molecule has 0 aliphatic carbocycles. The van der Waals surface area contributed by atoms with Crippen molar-refractivity contribution < 1.29 is 4.79 Å². The highest BCUT2D eigenvalue weighted by molar-refractivity contribution is 5.78. The summed E-state index contributed by atoms with van der Waals surface area (Å²) >= 11 is 0. The van der Waals surface area contributed by atoms with Crippen LogP contribution in [0.25, 0.3) is 0 Å². The number of hydrogen-bond donors (Lipinski definition) is 0. The predicted molar refractivity (Wildman–Crippen MR) is 74.8 cm³/mol. The van der Waals surface area contributed by atoms with Gasteiger partial charge in [-0.15, -0.1) is 0 Å². The van der Waals surface area contributed by atoms with E-state index in [1.165, 1.54) is 11.3 Å². The summed E-state index contributed by atoms with van der Waals surface area (Å²) in [5.74, 6) is -0.0523. The van der Waals surface area contributed by atoms with Crippen molar-refractivity contribution in [3.63, 3.8) is 0 Å². The highest BCUT2D eigenvalue weighted by atomic mass is 16.2. The number of nitriles is 1. The van der Waals surface area contributed by atoms with E-state index >= 15 is 0 Å². The van der Waals surface area contributed by atoms with E-state index in [4.69, 9.17) is 5.26 Å². The Morgan fingerprint density at radius 2 is 1.84 bits per heavy atom. The van der Waals surface area contributed by atoms with E-state index in [1.807, 2.05) is 6.07 Å².